The molecule has 1 saturated heterocycles. The van der Waals surface area contributed by atoms with Crippen molar-refractivity contribution in [3.05, 3.63) is 66.2 Å². The summed E-state index contributed by atoms with van der Waals surface area (Å²) < 4.78 is 27.0. The number of hydrogen-bond acceptors (Lipinski definition) is 7. The van der Waals surface area contributed by atoms with Crippen LogP contribution in [0.1, 0.15) is 30.0 Å². The number of aromatic amines is 1. The van der Waals surface area contributed by atoms with Gasteiger partial charge in [0.25, 0.3) is 0 Å². The van der Waals surface area contributed by atoms with Crippen LogP contribution >= 0.6 is 0 Å². The van der Waals surface area contributed by atoms with Crippen molar-refractivity contribution in [3.8, 4) is 22.5 Å². The first-order valence-corrected chi connectivity index (χ1v) is 13.1. The summed E-state index contributed by atoms with van der Waals surface area (Å²) in [7, 11) is -1.43. The maximum absolute atomic E-state index is 12.4. The highest BCUT2D eigenvalue weighted by Gasteiger charge is 2.23. The van der Waals surface area contributed by atoms with Gasteiger partial charge in [-0.15, -0.1) is 5.10 Å². The summed E-state index contributed by atoms with van der Waals surface area (Å²) in [4.78, 5) is 6.90. The van der Waals surface area contributed by atoms with Crippen LogP contribution in [0.2, 0.25) is 0 Å². The molecule has 1 aliphatic heterocycles. The van der Waals surface area contributed by atoms with Crippen LogP contribution in [0.5, 0.6) is 0 Å². The third kappa shape index (κ3) is 4.51. The van der Waals surface area contributed by atoms with E-state index in [0.717, 1.165) is 43.6 Å². The molecule has 2 aromatic heterocycles. The van der Waals surface area contributed by atoms with Crippen molar-refractivity contribution >= 4 is 9.84 Å². The minimum Gasteiger partial charge on any atom is -0.337 e. The quantitative estimate of drug-likeness (QED) is 0.454. The van der Waals surface area contributed by atoms with Gasteiger partial charge in [-0.05, 0) is 65.0 Å². The fourth-order valence-corrected chi connectivity index (χ4v) is 5.62. The fraction of sp³-hybridized carbons (Fsp3) is 0.333. The number of hydrogen-bond donors (Lipinski definition) is 1. The van der Waals surface area contributed by atoms with E-state index >= 15 is 0 Å². The number of likely N-dealkylation sites (tertiary alicyclic amines) is 1. The third-order valence-electron chi connectivity index (χ3n) is 6.59. The number of tetrazole rings is 1. The molecule has 9 nitrogen and oxygen atoms in total. The van der Waals surface area contributed by atoms with Gasteiger partial charge in [0.05, 0.1) is 16.9 Å². The van der Waals surface area contributed by atoms with E-state index in [1.807, 2.05) is 25.6 Å². The number of nitrogens with one attached hydrogen (secondary N) is 1. The number of benzene rings is 2. The van der Waals surface area contributed by atoms with Gasteiger partial charge in [-0.3, -0.25) is 4.90 Å². The average Bonchev–Trinajstić information content (AvgIpc) is 3.51. The Morgan fingerprint density at radius 1 is 1.09 bits per heavy atom. The minimum absolute atomic E-state index is 0.202. The van der Waals surface area contributed by atoms with E-state index in [9.17, 15) is 8.42 Å². The van der Waals surface area contributed by atoms with Gasteiger partial charge >= 0.3 is 0 Å². The van der Waals surface area contributed by atoms with Gasteiger partial charge in [-0.25, -0.2) is 18.5 Å². The van der Waals surface area contributed by atoms with Crippen LogP contribution in [-0.4, -0.2) is 62.8 Å². The largest absolute Gasteiger partial charge is 0.337 e. The maximum atomic E-state index is 12.4. The monoisotopic (exact) mass is 477 g/mol. The molecule has 0 amide bonds. The second-order valence-electron chi connectivity index (χ2n) is 8.87. The Hall–Kier alpha value is -3.37. The van der Waals surface area contributed by atoms with Crippen LogP contribution in [0.4, 0.5) is 0 Å². The van der Waals surface area contributed by atoms with E-state index in [-0.39, 0.29) is 4.90 Å². The number of rotatable bonds is 6. The molecule has 0 radical (unpaired) electrons. The molecule has 1 N–H and O–H groups in total. The number of H-pyrrole nitrogens is 1. The van der Waals surface area contributed by atoms with Gasteiger partial charge in [-0.1, -0.05) is 36.4 Å². The summed E-state index contributed by atoms with van der Waals surface area (Å²) in [5.41, 5.74) is 4.74. The number of sulfone groups is 1. The van der Waals surface area contributed by atoms with Crippen molar-refractivity contribution in [1.29, 1.82) is 0 Å². The molecule has 5 rings (SSSR count). The summed E-state index contributed by atoms with van der Waals surface area (Å²) >= 11 is 0. The van der Waals surface area contributed by atoms with Gasteiger partial charge < -0.3 is 4.57 Å². The Labute approximate surface area is 198 Å². The lowest BCUT2D eigenvalue weighted by molar-refractivity contribution is 0.201. The molecule has 34 heavy (non-hydrogen) atoms. The molecule has 0 aliphatic carbocycles. The van der Waals surface area contributed by atoms with Crippen molar-refractivity contribution in [2.24, 2.45) is 7.05 Å². The second kappa shape index (κ2) is 9.11. The molecule has 10 heteroatoms. The predicted octanol–water partition coefficient (Wildman–Crippen LogP) is 3.05. The summed E-state index contributed by atoms with van der Waals surface area (Å²) in [5, 5.41) is 14.0. The van der Waals surface area contributed by atoms with Crippen LogP contribution in [-0.2, 0) is 23.4 Å². The highest BCUT2D eigenvalue weighted by atomic mass is 32.2. The average molecular weight is 478 g/mol. The highest BCUT2D eigenvalue weighted by Crippen LogP contribution is 2.36. The van der Waals surface area contributed by atoms with Crippen LogP contribution in [0.25, 0.3) is 22.5 Å². The van der Waals surface area contributed by atoms with Crippen molar-refractivity contribution in [3.63, 3.8) is 0 Å². The van der Waals surface area contributed by atoms with Crippen molar-refractivity contribution in [2.45, 2.75) is 30.2 Å². The molecule has 0 unspecified atom stereocenters. The van der Waals surface area contributed by atoms with E-state index in [2.05, 4.69) is 59.3 Å². The number of aryl methyl sites for hydroxylation is 1. The smallest absolute Gasteiger partial charge is 0.181 e. The molecule has 176 valence electrons. The number of nitrogens with zero attached hydrogens (tertiary/aromatic N) is 6. The molecule has 0 atom stereocenters. The SMILES string of the molecule is Cn1cncc1CN1CCC(c2ccc(-c3cccc(S(C)(=O)=O)c3-c3nnn[nH]3)cc2)CC1. The van der Waals surface area contributed by atoms with Gasteiger partial charge in [0.1, 0.15) is 0 Å². The third-order valence-corrected chi connectivity index (χ3v) is 7.73. The highest BCUT2D eigenvalue weighted by molar-refractivity contribution is 7.90. The van der Waals surface area contributed by atoms with Gasteiger partial charge in [-0.2, -0.15) is 0 Å². The molecule has 1 aliphatic rings. The van der Waals surface area contributed by atoms with E-state index in [1.54, 1.807) is 12.1 Å². The molecular formula is C24H27N7O2S. The van der Waals surface area contributed by atoms with E-state index in [1.165, 1.54) is 17.5 Å². The molecule has 0 spiro atoms. The molecule has 3 heterocycles. The van der Waals surface area contributed by atoms with E-state index in [0.29, 0.717) is 17.3 Å². The number of imidazole rings is 1. The summed E-state index contributed by atoms with van der Waals surface area (Å²) in [6.07, 6.45) is 7.20. The Kier molecular flexibility index (Phi) is 6.01. The van der Waals surface area contributed by atoms with Crippen LogP contribution in [0, 0.1) is 0 Å². The van der Waals surface area contributed by atoms with Gasteiger partial charge in [0.2, 0.25) is 0 Å². The zero-order chi connectivity index (χ0) is 23.7. The Balaban J connectivity index is 1.36. The lowest BCUT2D eigenvalue weighted by Crippen LogP contribution is -2.33. The van der Waals surface area contributed by atoms with Gasteiger partial charge in [0.15, 0.2) is 15.7 Å². The topological polar surface area (TPSA) is 110 Å². The van der Waals surface area contributed by atoms with E-state index in [4.69, 9.17) is 0 Å². The normalized spacial score (nSPS) is 15.6. The standard InChI is InChI=1S/C24H27N7O2S/c1-30-16-25-14-20(30)15-31-12-10-18(11-13-31)17-6-8-19(9-7-17)21-4-3-5-22(34(2,32)33)23(21)24-26-28-29-27-24/h3-9,14,16,18H,10-13,15H2,1-2H3,(H,26,27,28,29). The first kappa shape index (κ1) is 22.4. The van der Waals surface area contributed by atoms with Crippen molar-refractivity contribution in [2.75, 3.05) is 19.3 Å². The molecule has 1 fully saturated rings. The minimum atomic E-state index is -3.47. The Bertz CT molecular complexity index is 1370. The van der Waals surface area contributed by atoms with Crippen molar-refractivity contribution in [1.82, 2.24) is 35.1 Å². The fourth-order valence-electron chi connectivity index (χ4n) is 4.72. The number of piperidine rings is 1. The summed E-state index contributed by atoms with van der Waals surface area (Å²) in [6, 6.07) is 13.7. The lowest BCUT2D eigenvalue weighted by Gasteiger charge is -2.32. The molecule has 2 aromatic carbocycles. The number of aromatic nitrogens is 6. The first-order chi connectivity index (χ1) is 16.4. The van der Waals surface area contributed by atoms with E-state index < -0.39 is 9.84 Å². The first-order valence-electron chi connectivity index (χ1n) is 11.2. The maximum Gasteiger partial charge on any atom is 0.181 e. The zero-order valence-electron chi connectivity index (χ0n) is 19.2. The molecule has 0 bridgehead atoms. The predicted molar refractivity (Wildman–Crippen MR) is 129 cm³/mol. The van der Waals surface area contributed by atoms with Crippen LogP contribution < -0.4 is 0 Å². The second-order valence-corrected chi connectivity index (χ2v) is 10.9. The Morgan fingerprint density at radius 2 is 1.85 bits per heavy atom. The Morgan fingerprint density at radius 3 is 2.47 bits per heavy atom. The van der Waals surface area contributed by atoms with Gasteiger partial charge in [0, 0.05) is 31.6 Å². The zero-order valence-corrected chi connectivity index (χ0v) is 20.0. The molecule has 4 aromatic rings. The summed E-state index contributed by atoms with van der Waals surface area (Å²) in [5.74, 6) is 0.845. The lowest BCUT2D eigenvalue weighted by atomic mass is 9.88. The van der Waals surface area contributed by atoms with Crippen LogP contribution in [0.3, 0.4) is 0 Å². The van der Waals surface area contributed by atoms with Crippen LogP contribution in [0.15, 0.2) is 59.9 Å². The molecular weight excluding hydrogens is 450 g/mol. The summed E-state index contributed by atoms with van der Waals surface area (Å²) in [6.45, 7) is 3.03. The van der Waals surface area contributed by atoms with Crippen molar-refractivity contribution < 1.29 is 8.42 Å². The molecule has 0 saturated carbocycles.